The van der Waals surface area contributed by atoms with Crippen LogP contribution in [0.25, 0.3) is 0 Å². The first-order chi connectivity index (χ1) is 13.7. The van der Waals surface area contributed by atoms with E-state index in [0.29, 0.717) is 13.2 Å². The average molecular weight is 393 g/mol. The van der Waals surface area contributed by atoms with Gasteiger partial charge >= 0.3 is 0 Å². The third-order valence-electron chi connectivity index (χ3n) is 5.20. The van der Waals surface area contributed by atoms with Crippen LogP contribution in [-0.2, 0) is 22.7 Å². The van der Waals surface area contributed by atoms with Crippen LogP contribution in [0.4, 0.5) is 11.4 Å². The number of benzene rings is 1. The second-order valence-corrected chi connectivity index (χ2v) is 7.89. The Hall–Kier alpha value is -1.26. The molecule has 0 radical (unpaired) electrons. The lowest BCUT2D eigenvalue weighted by Crippen LogP contribution is -2.05. The Labute approximate surface area is 173 Å². The van der Waals surface area contributed by atoms with Gasteiger partial charge in [-0.25, -0.2) is 0 Å². The van der Waals surface area contributed by atoms with Gasteiger partial charge in [-0.05, 0) is 25.0 Å². The van der Waals surface area contributed by atoms with Gasteiger partial charge in [-0.2, -0.15) is 0 Å². The monoisotopic (exact) mass is 392 g/mol. The fourth-order valence-corrected chi connectivity index (χ4v) is 3.31. The molecule has 0 saturated carbocycles. The summed E-state index contributed by atoms with van der Waals surface area (Å²) in [4.78, 5) is 0. The summed E-state index contributed by atoms with van der Waals surface area (Å²) in [7, 11) is 0. The van der Waals surface area contributed by atoms with Crippen molar-refractivity contribution in [2.24, 2.45) is 0 Å². The number of ether oxygens (including phenoxy) is 2. The number of hydrogen-bond acceptors (Lipinski definition) is 4. The quantitative estimate of drug-likeness (QED) is 0.218. The molecular formula is C24H44N2O2. The third-order valence-corrected chi connectivity index (χ3v) is 5.20. The average Bonchev–Trinajstić information content (AvgIpc) is 2.69. The van der Waals surface area contributed by atoms with Gasteiger partial charge in [0.1, 0.15) is 0 Å². The van der Waals surface area contributed by atoms with Crippen LogP contribution in [0.5, 0.6) is 0 Å². The fraction of sp³-hybridized carbons (Fsp3) is 0.750. The minimum atomic E-state index is 0.532. The molecule has 4 N–H and O–H groups in total. The fourth-order valence-electron chi connectivity index (χ4n) is 3.31. The van der Waals surface area contributed by atoms with Gasteiger partial charge in [0.2, 0.25) is 0 Å². The molecule has 0 spiro atoms. The molecule has 0 saturated heterocycles. The smallest absolute Gasteiger partial charge is 0.0737 e. The molecule has 0 bridgehead atoms. The van der Waals surface area contributed by atoms with E-state index in [1.54, 1.807) is 0 Å². The number of anilines is 2. The van der Waals surface area contributed by atoms with Crippen molar-refractivity contribution in [3.8, 4) is 0 Å². The lowest BCUT2D eigenvalue weighted by molar-refractivity contribution is 0.115. The van der Waals surface area contributed by atoms with Crippen LogP contribution in [-0.4, -0.2) is 13.2 Å². The number of rotatable bonds is 18. The van der Waals surface area contributed by atoms with Crippen molar-refractivity contribution in [3.63, 3.8) is 0 Å². The van der Waals surface area contributed by atoms with Gasteiger partial charge in [-0.3, -0.25) is 0 Å². The number of unbranched alkanes of at least 4 members (excludes halogenated alkanes) is 10. The molecule has 0 aliphatic rings. The lowest BCUT2D eigenvalue weighted by atomic mass is 10.1. The van der Waals surface area contributed by atoms with E-state index in [9.17, 15) is 0 Å². The van der Waals surface area contributed by atoms with E-state index in [-0.39, 0.29) is 0 Å². The molecule has 1 aromatic rings. The maximum absolute atomic E-state index is 6.19. The van der Waals surface area contributed by atoms with E-state index in [0.717, 1.165) is 48.6 Å². The van der Waals surface area contributed by atoms with Crippen LogP contribution in [0.3, 0.4) is 0 Å². The van der Waals surface area contributed by atoms with E-state index in [4.69, 9.17) is 20.9 Å². The molecule has 0 unspecified atom stereocenters. The first-order valence-electron chi connectivity index (χ1n) is 11.5. The first kappa shape index (κ1) is 24.8. The second-order valence-electron chi connectivity index (χ2n) is 7.89. The molecule has 0 aliphatic carbocycles. The number of nitrogen functional groups attached to an aromatic ring is 2. The first-order valence-corrected chi connectivity index (χ1v) is 11.5. The number of hydrogen-bond donors (Lipinski definition) is 2. The van der Waals surface area contributed by atoms with Crippen LogP contribution in [0.2, 0.25) is 0 Å². The minimum Gasteiger partial charge on any atom is -0.398 e. The second kappa shape index (κ2) is 16.7. The summed E-state index contributed by atoms with van der Waals surface area (Å²) in [5, 5.41) is 0. The highest BCUT2D eigenvalue weighted by atomic mass is 16.5. The largest absolute Gasteiger partial charge is 0.398 e. The Morgan fingerprint density at radius 2 is 0.929 bits per heavy atom. The molecule has 0 heterocycles. The minimum absolute atomic E-state index is 0.532. The van der Waals surface area contributed by atoms with Gasteiger partial charge in [0.15, 0.2) is 0 Å². The van der Waals surface area contributed by atoms with Gasteiger partial charge < -0.3 is 20.9 Å². The van der Waals surface area contributed by atoms with Crippen molar-refractivity contribution >= 4 is 11.4 Å². The molecule has 0 aliphatic heterocycles. The van der Waals surface area contributed by atoms with Gasteiger partial charge in [0, 0.05) is 35.7 Å². The molecule has 1 rings (SSSR count). The molecule has 1 aromatic carbocycles. The van der Waals surface area contributed by atoms with Crippen molar-refractivity contribution in [1.82, 2.24) is 0 Å². The summed E-state index contributed by atoms with van der Waals surface area (Å²) in [6.45, 7) is 7.12. The molecule has 4 heteroatoms. The van der Waals surface area contributed by atoms with Gasteiger partial charge in [-0.1, -0.05) is 78.1 Å². The Morgan fingerprint density at radius 1 is 0.571 bits per heavy atom. The van der Waals surface area contributed by atoms with Gasteiger partial charge in [-0.15, -0.1) is 0 Å². The molecule has 0 aromatic heterocycles. The summed E-state index contributed by atoms with van der Waals surface area (Å²) < 4.78 is 11.6. The summed E-state index contributed by atoms with van der Waals surface area (Å²) in [6, 6.07) is 3.89. The van der Waals surface area contributed by atoms with E-state index in [1.165, 1.54) is 64.2 Å². The highest BCUT2D eigenvalue weighted by Crippen LogP contribution is 2.23. The highest BCUT2D eigenvalue weighted by molar-refractivity contribution is 5.60. The predicted octanol–water partition coefficient (Wildman–Crippen LogP) is 6.61. The van der Waals surface area contributed by atoms with Crippen LogP contribution >= 0.6 is 0 Å². The van der Waals surface area contributed by atoms with Gasteiger partial charge in [0.25, 0.3) is 0 Å². The molecule has 28 heavy (non-hydrogen) atoms. The molecular weight excluding hydrogens is 348 g/mol. The zero-order valence-electron chi connectivity index (χ0n) is 18.4. The lowest BCUT2D eigenvalue weighted by Gasteiger charge is -2.13. The van der Waals surface area contributed by atoms with Crippen molar-refractivity contribution in [2.75, 3.05) is 24.7 Å². The van der Waals surface area contributed by atoms with Crippen molar-refractivity contribution < 1.29 is 9.47 Å². The summed E-state index contributed by atoms with van der Waals surface area (Å²) in [5.74, 6) is 0. The van der Waals surface area contributed by atoms with Crippen LogP contribution in [0.15, 0.2) is 12.1 Å². The van der Waals surface area contributed by atoms with E-state index >= 15 is 0 Å². The zero-order chi connectivity index (χ0) is 20.5. The zero-order valence-corrected chi connectivity index (χ0v) is 18.4. The Kier molecular flexibility index (Phi) is 14.8. The predicted molar refractivity (Wildman–Crippen MR) is 121 cm³/mol. The van der Waals surface area contributed by atoms with E-state index in [1.807, 2.05) is 12.1 Å². The summed E-state index contributed by atoms with van der Waals surface area (Å²) in [5.41, 5.74) is 15.8. The maximum atomic E-state index is 6.19. The Balaban J connectivity index is 2.20. The molecule has 0 atom stereocenters. The third kappa shape index (κ3) is 11.6. The Morgan fingerprint density at radius 3 is 1.32 bits per heavy atom. The van der Waals surface area contributed by atoms with Crippen LogP contribution in [0, 0.1) is 0 Å². The standard InChI is InChI=1S/C24H44N2O2/c1-3-5-7-9-11-13-15-27-19-21-17-24(26)22(18-23(21)25)20-28-16-14-12-10-8-6-4-2/h17-18H,3-16,19-20,25-26H2,1-2H3. The van der Waals surface area contributed by atoms with E-state index < -0.39 is 0 Å². The summed E-state index contributed by atoms with van der Waals surface area (Å²) in [6.07, 6.45) is 15.3. The normalized spacial score (nSPS) is 11.2. The Bertz CT molecular complexity index is 460. The molecule has 0 fully saturated rings. The van der Waals surface area contributed by atoms with E-state index in [2.05, 4.69) is 13.8 Å². The number of nitrogens with two attached hydrogens (primary N) is 2. The molecule has 0 amide bonds. The topological polar surface area (TPSA) is 70.5 Å². The van der Waals surface area contributed by atoms with Crippen molar-refractivity contribution in [3.05, 3.63) is 23.3 Å². The van der Waals surface area contributed by atoms with Crippen molar-refractivity contribution in [1.29, 1.82) is 0 Å². The summed E-state index contributed by atoms with van der Waals surface area (Å²) >= 11 is 0. The highest BCUT2D eigenvalue weighted by Gasteiger charge is 2.07. The molecule has 4 nitrogen and oxygen atoms in total. The van der Waals surface area contributed by atoms with Crippen LogP contribution in [0.1, 0.15) is 102 Å². The molecule has 162 valence electrons. The van der Waals surface area contributed by atoms with Gasteiger partial charge in [0.05, 0.1) is 13.2 Å². The van der Waals surface area contributed by atoms with Crippen molar-refractivity contribution in [2.45, 2.75) is 104 Å². The SMILES string of the molecule is CCCCCCCCOCc1cc(N)c(COCCCCCCCC)cc1N. The van der Waals surface area contributed by atoms with Crippen LogP contribution < -0.4 is 11.5 Å². The maximum Gasteiger partial charge on any atom is 0.0737 e.